The molecule has 4 heteroatoms. The third-order valence-electron chi connectivity index (χ3n) is 3.85. The van der Waals surface area contributed by atoms with Crippen LogP contribution in [0.25, 0.3) is 0 Å². The van der Waals surface area contributed by atoms with E-state index in [9.17, 15) is 9.90 Å². The van der Waals surface area contributed by atoms with Gasteiger partial charge in [0.25, 0.3) is 0 Å². The minimum atomic E-state index is -0.196. The quantitative estimate of drug-likeness (QED) is 0.750. The molecule has 0 aromatic carbocycles. The molecule has 2 aliphatic heterocycles. The van der Waals surface area contributed by atoms with Gasteiger partial charge in [0, 0.05) is 32.6 Å². The van der Waals surface area contributed by atoms with E-state index in [1.165, 1.54) is 0 Å². The maximum absolute atomic E-state index is 11.4. The van der Waals surface area contributed by atoms with Crippen LogP contribution in [0.5, 0.6) is 0 Å². The zero-order valence-electron chi connectivity index (χ0n) is 10.1. The lowest BCUT2D eigenvalue weighted by molar-refractivity contribution is -0.127. The summed E-state index contributed by atoms with van der Waals surface area (Å²) in [6.07, 6.45) is 2.65. The van der Waals surface area contributed by atoms with Gasteiger partial charge in [-0.3, -0.25) is 4.79 Å². The Balaban J connectivity index is 1.69. The molecule has 16 heavy (non-hydrogen) atoms. The molecular formula is C12H22N2O2. The largest absolute Gasteiger partial charge is 0.393 e. The monoisotopic (exact) mass is 226 g/mol. The Labute approximate surface area is 97.2 Å². The van der Waals surface area contributed by atoms with E-state index >= 15 is 0 Å². The Bertz CT molecular complexity index is 255. The van der Waals surface area contributed by atoms with Gasteiger partial charge in [0.1, 0.15) is 0 Å². The second-order valence-corrected chi connectivity index (χ2v) is 5.07. The summed E-state index contributed by atoms with van der Waals surface area (Å²) in [7, 11) is 0. The second kappa shape index (κ2) is 5.15. The van der Waals surface area contributed by atoms with E-state index in [0.717, 1.165) is 52.0 Å². The molecule has 2 fully saturated rings. The van der Waals surface area contributed by atoms with Gasteiger partial charge < -0.3 is 14.9 Å². The number of aliphatic hydroxyl groups excluding tert-OH is 1. The normalized spacial score (nSPS) is 29.0. The minimum absolute atomic E-state index is 0.196. The van der Waals surface area contributed by atoms with Crippen LogP contribution in [-0.4, -0.2) is 59.6 Å². The van der Waals surface area contributed by atoms with Gasteiger partial charge in [0.05, 0.1) is 6.10 Å². The van der Waals surface area contributed by atoms with Gasteiger partial charge in [0.15, 0.2) is 0 Å². The molecule has 2 unspecified atom stereocenters. The SMILES string of the molecule is CC(O)C1CCN(CCN2CCCC2=O)C1. The lowest BCUT2D eigenvalue weighted by Gasteiger charge is -2.21. The van der Waals surface area contributed by atoms with Gasteiger partial charge in [-0.1, -0.05) is 0 Å². The van der Waals surface area contributed by atoms with Crippen LogP contribution >= 0.6 is 0 Å². The third kappa shape index (κ3) is 2.74. The summed E-state index contributed by atoms with van der Waals surface area (Å²) in [4.78, 5) is 15.8. The van der Waals surface area contributed by atoms with Crippen LogP contribution in [0.1, 0.15) is 26.2 Å². The van der Waals surface area contributed by atoms with E-state index < -0.39 is 0 Å². The molecule has 2 rings (SSSR count). The third-order valence-corrected chi connectivity index (χ3v) is 3.85. The molecule has 0 aliphatic carbocycles. The van der Waals surface area contributed by atoms with Crippen molar-refractivity contribution in [3.05, 3.63) is 0 Å². The first kappa shape index (κ1) is 11.9. The highest BCUT2D eigenvalue weighted by Gasteiger charge is 2.27. The fourth-order valence-corrected chi connectivity index (χ4v) is 2.66. The van der Waals surface area contributed by atoms with Crippen LogP contribution in [0.4, 0.5) is 0 Å². The van der Waals surface area contributed by atoms with Gasteiger partial charge in [-0.05, 0) is 32.2 Å². The van der Waals surface area contributed by atoms with Crippen LogP contribution in [0.2, 0.25) is 0 Å². The van der Waals surface area contributed by atoms with E-state index in [4.69, 9.17) is 0 Å². The van der Waals surface area contributed by atoms with E-state index in [1.54, 1.807) is 0 Å². The zero-order chi connectivity index (χ0) is 11.5. The predicted octanol–water partition coefficient (Wildman–Crippen LogP) is 0.311. The standard InChI is InChI=1S/C12H22N2O2/c1-10(15)11-4-6-13(9-11)7-8-14-5-2-3-12(14)16/h10-11,15H,2-9H2,1H3. The van der Waals surface area contributed by atoms with E-state index in [2.05, 4.69) is 4.90 Å². The van der Waals surface area contributed by atoms with Crippen molar-refractivity contribution in [2.75, 3.05) is 32.7 Å². The highest BCUT2D eigenvalue weighted by Crippen LogP contribution is 2.19. The number of nitrogens with zero attached hydrogens (tertiary/aromatic N) is 2. The molecule has 2 heterocycles. The maximum atomic E-state index is 11.4. The lowest BCUT2D eigenvalue weighted by atomic mass is 10.0. The average Bonchev–Trinajstić information content (AvgIpc) is 2.83. The Morgan fingerprint density at radius 2 is 2.25 bits per heavy atom. The Morgan fingerprint density at radius 1 is 1.44 bits per heavy atom. The van der Waals surface area contributed by atoms with Crippen LogP contribution in [0.15, 0.2) is 0 Å². The fourth-order valence-electron chi connectivity index (χ4n) is 2.66. The molecule has 0 spiro atoms. The van der Waals surface area contributed by atoms with Gasteiger partial charge in [-0.15, -0.1) is 0 Å². The van der Waals surface area contributed by atoms with E-state index in [-0.39, 0.29) is 6.10 Å². The van der Waals surface area contributed by atoms with Crippen LogP contribution in [-0.2, 0) is 4.79 Å². The molecule has 0 aromatic rings. The Kier molecular flexibility index (Phi) is 3.82. The average molecular weight is 226 g/mol. The molecule has 1 amide bonds. The number of hydrogen-bond donors (Lipinski definition) is 1. The number of likely N-dealkylation sites (tertiary alicyclic amines) is 2. The highest BCUT2D eigenvalue weighted by atomic mass is 16.3. The number of rotatable bonds is 4. The first-order valence-corrected chi connectivity index (χ1v) is 6.35. The van der Waals surface area contributed by atoms with Crippen molar-refractivity contribution in [1.82, 2.24) is 9.80 Å². The summed E-state index contributed by atoms with van der Waals surface area (Å²) in [6, 6.07) is 0. The molecule has 0 radical (unpaired) electrons. The summed E-state index contributed by atoms with van der Waals surface area (Å²) in [5.74, 6) is 0.737. The smallest absolute Gasteiger partial charge is 0.222 e. The summed E-state index contributed by atoms with van der Waals surface area (Å²) in [5, 5.41) is 9.50. The lowest BCUT2D eigenvalue weighted by Crippen LogP contribution is -2.35. The van der Waals surface area contributed by atoms with Crippen molar-refractivity contribution < 1.29 is 9.90 Å². The van der Waals surface area contributed by atoms with Gasteiger partial charge in [0.2, 0.25) is 5.91 Å². The first-order valence-electron chi connectivity index (χ1n) is 6.35. The van der Waals surface area contributed by atoms with Crippen LogP contribution in [0.3, 0.4) is 0 Å². The van der Waals surface area contributed by atoms with E-state index in [0.29, 0.717) is 11.8 Å². The summed E-state index contributed by atoms with van der Waals surface area (Å²) in [5.41, 5.74) is 0. The van der Waals surface area contributed by atoms with Gasteiger partial charge in [-0.2, -0.15) is 0 Å². The Hall–Kier alpha value is -0.610. The van der Waals surface area contributed by atoms with Crippen molar-refractivity contribution in [3.8, 4) is 0 Å². The molecule has 0 aromatic heterocycles. The fraction of sp³-hybridized carbons (Fsp3) is 0.917. The molecule has 2 saturated heterocycles. The number of amides is 1. The van der Waals surface area contributed by atoms with Crippen LogP contribution < -0.4 is 0 Å². The topological polar surface area (TPSA) is 43.8 Å². The summed E-state index contributed by atoms with van der Waals surface area (Å²) in [6.45, 7) is 6.70. The van der Waals surface area contributed by atoms with Gasteiger partial charge in [-0.25, -0.2) is 0 Å². The Morgan fingerprint density at radius 3 is 2.81 bits per heavy atom. The number of aliphatic hydroxyl groups is 1. The molecule has 4 nitrogen and oxygen atoms in total. The highest BCUT2D eigenvalue weighted by molar-refractivity contribution is 5.78. The predicted molar refractivity (Wildman–Crippen MR) is 62.0 cm³/mol. The van der Waals surface area contributed by atoms with Crippen molar-refractivity contribution >= 4 is 5.91 Å². The van der Waals surface area contributed by atoms with Crippen molar-refractivity contribution in [2.45, 2.75) is 32.3 Å². The van der Waals surface area contributed by atoms with Crippen molar-refractivity contribution in [3.63, 3.8) is 0 Å². The molecule has 2 atom stereocenters. The van der Waals surface area contributed by atoms with Crippen molar-refractivity contribution in [2.24, 2.45) is 5.92 Å². The molecule has 92 valence electrons. The number of hydrogen-bond acceptors (Lipinski definition) is 3. The molecule has 1 N–H and O–H groups in total. The summed E-state index contributed by atoms with van der Waals surface area (Å²) >= 11 is 0. The van der Waals surface area contributed by atoms with Crippen molar-refractivity contribution in [1.29, 1.82) is 0 Å². The zero-order valence-corrected chi connectivity index (χ0v) is 10.1. The second-order valence-electron chi connectivity index (χ2n) is 5.07. The number of carbonyl (C=O) groups excluding carboxylic acids is 1. The molecule has 2 aliphatic rings. The van der Waals surface area contributed by atoms with Crippen LogP contribution in [0, 0.1) is 5.92 Å². The van der Waals surface area contributed by atoms with Gasteiger partial charge >= 0.3 is 0 Å². The maximum Gasteiger partial charge on any atom is 0.222 e. The minimum Gasteiger partial charge on any atom is -0.393 e. The molecule has 0 bridgehead atoms. The summed E-state index contributed by atoms with van der Waals surface area (Å²) < 4.78 is 0. The molecule has 0 saturated carbocycles. The van der Waals surface area contributed by atoms with E-state index in [1.807, 2.05) is 11.8 Å². The molecular weight excluding hydrogens is 204 g/mol. The first-order chi connectivity index (χ1) is 7.66. The number of carbonyl (C=O) groups is 1.